The second-order valence-corrected chi connectivity index (χ2v) is 4.17. The summed E-state index contributed by atoms with van der Waals surface area (Å²) in [7, 11) is 1.54. The maximum Gasteiger partial charge on any atom is 0.111 e. The van der Waals surface area contributed by atoms with Gasteiger partial charge in [0.15, 0.2) is 0 Å². The SMILES string of the molecule is CCC(O)(COC)C1(C#N)CCCOC1. The Morgan fingerprint density at radius 1 is 1.67 bits per heavy atom. The van der Waals surface area contributed by atoms with Crippen molar-refractivity contribution >= 4 is 0 Å². The van der Waals surface area contributed by atoms with Crippen molar-refractivity contribution in [2.24, 2.45) is 5.41 Å². The second kappa shape index (κ2) is 4.93. The summed E-state index contributed by atoms with van der Waals surface area (Å²) in [6.07, 6.45) is 1.99. The molecule has 0 bridgehead atoms. The smallest absolute Gasteiger partial charge is 0.111 e. The molecule has 4 nitrogen and oxygen atoms in total. The highest BCUT2D eigenvalue weighted by Gasteiger charge is 2.51. The monoisotopic (exact) mass is 213 g/mol. The zero-order chi connectivity index (χ0) is 11.4. The molecule has 2 atom stereocenters. The standard InChI is InChI=1S/C11H19NO3/c1-3-11(13,9-14-2)10(7-12)5-4-6-15-8-10/h13H,3-6,8-9H2,1-2H3. The maximum atomic E-state index is 10.5. The summed E-state index contributed by atoms with van der Waals surface area (Å²) >= 11 is 0. The fourth-order valence-electron chi connectivity index (χ4n) is 2.17. The van der Waals surface area contributed by atoms with E-state index in [2.05, 4.69) is 6.07 Å². The molecular formula is C11H19NO3. The molecule has 86 valence electrons. The lowest BCUT2D eigenvalue weighted by molar-refractivity contribution is -0.148. The second-order valence-electron chi connectivity index (χ2n) is 4.17. The molecule has 1 aliphatic heterocycles. The summed E-state index contributed by atoms with van der Waals surface area (Å²) in [5, 5.41) is 19.8. The van der Waals surface area contributed by atoms with Gasteiger partial charge in [0, 0.05) is 13.7 Å². The van der Waals surface area contributed by atoms with E-state index in [1.54, 1.807) is 0 Å². The summed E-state index contributed by atoms with van der Waals surface area (Å²) in [4.78, 5) is 0. The predicted molar refractivity (Wildman–Crippen MR) is 55.2 cm³/mol. The molecule has 4 heteroatoms. The zero-order valence-electron chi connectivity index (χ0n) is 9.45. The lowest BCUT2D eigenvalue weighted by atomic mass is 9.68. The molecule has 0 saturated carbocycles. The van der Waals surface area contributed by atoms with Gasteiger partial charge in [-0.15, -0.1) is 0 Å². The molecule has 1 rings (SSSR count). The third kappa shape index (κ3) is 2.15. The van der Waals surface area contributed by atoms with Gasteiger partial charge in [-0.25, -0.2) is 0 Å². The van der Waals surface area contributed by atoms with Crippen LogP contribution in [0.15, 0.2) is 0 Å². The first kappa shape index (κ1) is 12.4. The van der Waals surface area contributed by atoms with Gasteiger partial charge in [-0.1, -0.05) is 6.92 Å². The van der Waals surface area contributed by atoms with Crippen LogP contribution in [0.4, 0.5) is 0 Å². The Hall–Kier alpha value is -0.630. The Kier molecular flexibility index (Phi) is 4.09. The average Bonchev–Trinajstić information content (AvgIpc) is 2.30. The third-order valence-corrected chi connectivity index (χ3v) is 3.31. The lowest BCUT2D eigenvalue weighted by Crippen LogP contribution is -2.54. The molecular weight excluding hydrogens is 194 g/mol. The number of ether oxygens (including phenoxy) is 2. The van der Waals surface area contributed by atoms with E-state index in [4.69, 9.17) is 9.47 Å². The van der Waals surface area contributed by atoms with Crippen LogP contribution in [0, 0.1) is 16.7 Å². The number of nitriles is 1. The number of rotatable bonds is 4. The molecule has 1 aliphatic rings. The molecule has 0 aliphatic carbocycles. The van der Waals surface area contributed by atoms with Gasteiger partial charge in [0.25, 0.3) is 0 Å². The first-order chi connectivity index (χ1) is 7.14. The maximum absolute atomic E-state index is 10.5. The molecule has 0 radical (unpaired) electrons. The van der Waals surface area contributed by atoms with Crippen LogP contribution < -0.4 is 0 Å². The van der Waals surface area contributed by atoms with Gasteiger partial charge < -0.3 is 14.6 Å². The van der Waals surface area contributed by atoms with Gasteiger partial charge in [0.1, 0.15) is 11.0 Å². The van der Waals surface area contributed by atoms with E-state index in [1.807, 2.05) is 6.92 Å². The van der Waals surface area contributed by atoms with Crippen molar-refractivity contribution in [1.29, 1.82) is 5.26 Å². The summed E-state index contributed by atoms with van der Waals surface area (Å²) in [5.74, 6) is 0. The average molecular weight is 213 g/mol. The summed E-state index contributed by atoms with van der Waals surface area (Å²) in [6.45, 7) is 3.03. The first-order valence-electron chi connectivity index (χ1n) is 5.34. The lowest BCUT2D eigenvalue weighted by Gasteiger charge is -2.43. The number of hydrogen-bond donors (Lipinski definition) is 1. The van der Waals surface area contributed by atoms with E-state index in [-0.39, 0.29) is 6.61 Å². The van der Waals surface area contributed by atoms with Crippen molar-refractivity contribution in [2.75, 3.05) is 26.9 Å². The van der Waals surface area contributed by atoms with Crippen molar-refractivity contribution < 1.29 is 14.6 Å². The van der Waals surface area contributed by atoms with Crippen LogP contribution >= 0.6 is 0 Å². The largest absolute Gasteiger partial charge is 0.386 e. The van der Waals surface area contributed by atoms with Crippen LogP contribution in [-0.4, -0.2) is 37.6 Å². The number of aliphatic hydroxyl groups is 1. The van der Waals surface area contributed by atoms with E-state index in [0.717, 1.165) is 6.42 Å². The van der Waals surface area contributed by atoms with Crippen LogP contribution in [0.3, 0.4) is 0 Å². The molecule has 0 aromatic carbocycles. The van der Waals surface area contributed by atoms with Gasteiger partial charge in [-0.2, -0.15) is 5.26 Å². The van der Waals surface area contributed by atoms with E-state index in [0.29, 0.717) is 26.1 Å². The van der Waals surface area contributed by atoms with E-state index >= 15 is 0 Å². The topological polar surface area (TPSA) is 62.5 Å². The van der Waals surface area contributed by atoms with Gasteiger partial charge in [-0.05, 0) is 19.3 Å². The number of nitrogens with zero attached hydrogens (tertiary/aromatic N) is 1. The molecule has 1 N–H and O–H groups in total. The van der Waals surface area contributed by atoms with Crippen LogP contribution in [0.2, 0.25) is 0 Å². The van der Waals surface area contributed by atoms with Crippen LogP contribution in [0.1, 0.15) is 26.2 Å². The van der Waals surface area contributed by atoms with E-state index in [1.165, 1.54) is 7.11 Å². The molecule has 1 fully saturated rings. The van der Waals surface area contributed by atoms with Gasteiger partial charge in [0.2, 0.25) is 0 Å². The fraction of sp³-hybridized carbons (Fsp3) is 0.909. The highest BCUT2D eigenvalue weighted by molar-refractivity contribution is 5.12. The van der Waals surface area contributed by atoms with Crippen LogP contribution in [0.5, 0.6) is 0 Å². The van der Waals surface area contributed by atoms with Crippen molar-refractivity contribution in [3.8, 4) is 6.07 Å². The summed E-state index contributed by atoms with van der Waals surface area (Å²) in [6, 6.07) is 2.24. The van der Waals surface area contributed by atoms with Crippen molar-refractivity contribution in [3.05, 3.63) is 0 Å². The van der Waals surface area contributed by atoms with E-state index < -0.39 is 11.0 Å². The number of hydrogen-bond acceptors (Lipinski definition) is 4. The Balaban J connectivity index is 2.91. The highest BCUT2D eigenvalue weighted by atomic mass is 16.5. The van der Waals surface area contributed by atoms with Crippen molar-refractivity contribution in [3.63, 3.8) is 0 Å². The molecule has 15 heavy (non-hydrogen) atoms. The minimum atomic E-state index is -1.10. The Morgan fingerprint density at radius 3 is 2.80 bits per heavy atom. The summed E-state index contributed by atoms with van der Waals surface area (Å²) in [5.41, 5.74) is -1.91. The van der Waals surface area contributed by atoms with Crippen molar-refractivity contribution in [2.45, 2.75) is 31.8 Å². The Labute approximate surface area is 90.8 Å². The molecule has 0 aromatic rings. The quantitative estimate of drug-likeness (QED) is 0.759. The van der Waals surface area contributed by atoms with Gasteiger partial charge >= 0.3 is 0 Å². The Bertz CT molecular complexity index is 243. The number of methoxy groups -OCH3 is 1. The minimum absolute atomic E-state index is 0.181. The molecule has 0 amide bonds. The summed E-state index contributed by atoms with van der Waals surface area (Å²) < 4.78 is 10.4. The Morgan fingerprint density at radius 2 is 2.40 bits per heavy atom. The molecule has 1 heterocycles. The zero-order valence-corrected chi connectivity index (χ0v) is 9.45. The van der Waals surface area contributed by atoms with Gasteiger partial charge in [-0.3, -0.25) is 0 Å². The molecule has 2 unspecified atom stereocenters. The molecule has 1 saturated heterocycles. The third-order valence-electron chi connectivity index (χ3n) is 3.31. The normalized spacial score (nSPS) is 30.5. The van der Waals surface area contributed by atoms with Gasteiger partial charge in [0.05, 0.1) is 19.3 Å². The van der Waals surface area contributed by atoms with Crippen LogP contribution in [0.25, 0.3) is 0 Å². The minimum Gasteiger partial charge on any atom is -0.386 e. The predicted octanol–water partition coefficient (Wildman–Crippen LogP) is 1.09. The molecule has 0 aromatic heterocycles. The fourth-order valence-corrected chi connectivity index (χ4v) is 2.17. The van der Waals surface area contributed by atoms with Crippen LogP contribution in [-0.2, 0) is 9.47 Å². The van der Waals surface area contributed by atoms with Crippen molar-refractivity contribution in [1.82, 2.24) is 0 Å². The highest BCUT2D eigenvalue weighted by Crippen LogP contribution is 2.41. The first-order valence-corrected chi connectivity index (χ1v) is 5.34. The van der Waals surface area contributed by atoms with E-state index in [9.17, 15) is 10.4 Å². The molecule has 0 spiro atoms.